The van der Waals surface area contributed by atoms with Gasteiger partial charge in [-0.1, -0.05) is 6.07 Å². The summed E-state index contributed by atoms with van der Waals surface area (Å²) >= 11 is 3.08. The summed E-state index contributed by atoms with van der Waals surface area (Å²) in [6.07, 6.45) is 0.151. The number of hydrazine groups is 1. The van der Waals surface area contributed by atoms with Crippen LogP contribution in [0.1, 0.15) is 17.2 Å². The van der Waals surface area contributed by atoms with E-state index in [1.54, 1.807) is 12.1 Å². The Balaban J connectivity index is 2.28. The molecule has 0 aliphatic carbocycles. The van der Waals surface area contributed by atoms with Crippen LogP contribution in [-0.2, 0) is 6.42 Å². The molecule has 1 unspecified atom stereocenters. The lowest BCUT2D eigenvalue weighted by Gasteiger charge is -2.17. The zero-order valence-electron chi connectivity index (χ0n) is 10.3. The van der Waals surface area contributed by atoms with Crippen LogP contribution in [0.3, 0.4) is 0 Å². The lowest BCUT2D eigenvalue weighted by Crippen LogP contribution is -2.29. The minimum atomic E-state index is -0.516. The third-order valence-corrected chi connectivity index (χ3v) is 3.59. The summed E-state index contributed by atoms with van der Waals surface area (Å²) in [5.41, 5.74) is 3.40. The summed E-state index contributed by atoms with van der Waals surface area (Å²) in [5, 5.41) is 0. The maximum atomic E-state index is 13.6. The Morgan fingerprint density at radius 1 is 1.05 bits per heavy atom. The summed E-state index contributed by atoms with van der Waals surface area (Å²) < 4.78 is 40.3. The van der Waals surface area contributed by atoms with Crippen molar-refractivity contribution in [3.8, 4) is 0 Å². The Hall–Kier alpha value is -1.37. The minimum absolute atomic E-state index is 0.151. The third-order valence-electron chi connectivity index (χ3n) is 2.98. The molecule has 0 aromatic heterocycles. The van der Waals surface area contributed by atoms with E-state index in [0.717, 1.165) is 18.2 Å². The van der Waals surface area contributed by atoms with Gasteiger partial charge in [-0.3, -0.25) is 11.3 Å². The average molecular weight is 345 g/mol. The molecular weight excluding hydrogens is 333 g/mol. The molecule has 0 saturated heterocycles. The summed E-state index contributed by atoms with van der Waals surface area (Å²) in [6.45, 7) is 0. The summed E-state index contributed by atoms with van der Waals surface area (Å²) in [4.78, 5) is 0. The smallest absolute Gasteiger partial charge is 0.137 e. The molecule has 2 nitrogen and oxygen atoms in total. The van der Waals surface area contributed by atoms with Crippen molar-refractivity contribution in [1.82, 2.24) is 5.43 Å². The van der Waals surface area contributed by atoms with E-state index in [-0.39, 0.29) is 16.5 Å². The van der Waals surface area contributed by atoms with Crippen molar-refractivity contribution in [3.05, 3.63) is 69.4 Å². The minimum Gasteiger partial charge on any atom is -0.271 e. The van der Waals surface area contributed by atoms with Crippen LogP contribution in [0.25, 0.3) is 0 Å². The number of halogens is 4. The first kappa shape index (κ1) is 15.0. The predicted octanol–water partition coefficient (Wildman–Crippen LogP) is 3.61. The molecule has 0 bridgehead atoms. The number of rotatable bonds is 4. The summed E-state index contributed by atoms with van der Waals surface area (Å²) in [7, 11) is 0. The van der Waals surface area contributed by atoms with Gasteiger partial charge in [0, 0.05) is 0 Å². The first-order chi connectivity index (χ1) is 9.51. The van der Waals surface area contributed by atoms with Gasteiger partial charge in [-0.25, -0.2) is 13.2 Å². The molecule has 2 aromatic rings. The molecule has 0 amide bonds. The zero-order chi connectivity index (χ0) is 14.7. The molecule has 0 radical (unpaired) electrons. The normalized spacial score (nSPS) is 12.4. The van der Waals surface area contributed by atoms with Crippen molar-refractivity contribution in [2.45, 2.75) is 12.5 Å². The molecule has 2 aromatic carbocycles. The van der Waals surface area contributed by atoms with Crippen molar-refractivity contribution in [1.29, 1.82) is 0 Å². The number of hydrogen-bond donors (Lipinski definition) is 2. The second kappa shape index (κ2) is 6.39. The van der Waals surface area contributed by atoms with Crippen LogP contribution >= 0.6 is 15.9 Å². The predicted molar refractivity (Wildman–Crippen MR) is 74.2 cm³/mol. The van der Waals surface area contributed by atoms with E-state index in [2.05, 4.69) is 21.4 Å². The van der Waals surface area contributed by atoms with E-state index in [1.165, 1.54) is 6.07 Å². The van der Waals surface area contributed by atoms with Crippen LogP contribution in [0.5, 0.6) is 0 Å². The van der Waals surface area contributed by atoms with Crippen LogP contribution in [0.2, 0.25) is 0 Å². The molecular formula is C14H12BrF3N2. The van der Waals surface area contributed by atoms with Crippen molar-refractivity contribution >= 4 is 15.9 Å². The maximum absolute atomic E-state index is 13.6. The Kier molecular flexibility index (Phi) is 4.80. The largest absolute Gasteiger partial charge is 0.271 e. The van der Waals surface area contributed by atoms with Crippen LogP contribution in [0.4, 0.5) is 13.2 Å². The topological polar surface area (TPSA) is 38.0 Å². The Morgan fingerprint density at radius 3 is 2.40 bits per heavy atom. The van der Waals surface area contributed by atoms with E-state index in [4.69, 9.17) is 5.84 Å². The monoisotopic (exact) mass is 344 g/mol. The fourth-order valence-electron chi connectivity index (χ4n) is 1.92. The van der Waals surface area contributed by atoms with Crippen LogP contribution in [-0.4, -0.2) is 0 Å². The van der Waals surface area contributed by atoms with Gasteiger partial charge in [-0.05, 0) is 63.8 Å². The first-order valence-corrected chi connectivity index (χ1v) is 6.65. The van der Waals surface area contributed by atoms with Crippen LogP contribution in [0, 0.1) is 17.5 Å². The summed E-state index contributed by atoms with van der Waals surface area (Å²) in [5.74, 6) is 4.03. The van der Waals surface area contributed by atoms with Gasteiger partial charge in [0.1, 0.15) is 17.5 Å². The molecule has 106 valence electrons. The molecule has 0 saturated carbocycles. The number of hydrogen-bond acceptors (Lipinski definition) is 2. The fraction of sp³-hybridized carbons (Fsp3) is 0.143. The van der Waals surface area contributed by atoms with Gasteiger partial charge >= 0.3 is 0 Å². The van der Waals surface area contributed by atoms with E-state index in [9.17, 15) is 13.2 Å². The Labute approximate surface area is 122 Å². The summed E-state index contributed by atoms with van der Waals surface area (Å²) in [6, 6.07) is 7.17. The van der Waals surface area contributed by atoms with Crippen LogP contribution < -0.4 is 11.3 Å². The highest BCUT2D eigenvalue weighted by Gasteiger charge is 2.15. The van der Waals surface area contributed by atoms with Crippen molar-refractivity contribution in [2.24, 2.45) is 5.84 Å². The van der Waals surface area contributed by atoms with Gasteiger partial charge < -0.3 is 0 Å². The molecule has 2 rings (SSSR count). The second-order valence-corrected chi connectivity index (χ2v) is 5.19. The van der Waals surface area contributed by atoms with Crippen LogP contribution in [0.15, 0.2) is 40.9 Å². The molecule has 6 heteroatoms. The molecule has 20 heavy (non-hydrogen) atoms. The van der Waals surface area contributed by atoms with Gasteiger partial charge in [-0.2, -0.15) is 0 Å². The molecule has 0 aliphatic rings. The molecule has 0 fully saturated rings. The lowest BCUT2D eigenvalue weighted by atomic mass is 9.99. The van der Waals surface area contributed by atoms with E-state index in [0.29, 0.717) is 5.56 Å². The molecule has 3 N–H and O–H groups in total. The second-order valence-electron chi connectivity index (χ2n) is 4.33. The van der Waals surface area contributed by atoms with Crippen molar-refractivity contribution in [2.75, 3.05) is 0 Å². The van der Waals surface area contributed by atoms with Gasteiger partial charge in [-0.15, -0.1) is 0 Å². The van der Waals surface area contributed by atoms with E-state index in [1.807, 2.05) is 0 Å². The highest BCUT2D eigenvalue weighted by molar-refractivity contribution is 9.10. The first-order valence-electron chi connectivity index (χ1n) is 5.86. The van der Waals surface area contributed by atoms with Gasteiger partial charge in [0.15, 0.2) is 0 Å². The highest BCUT2D eigenvalue weighted by atomic mass is 79.9. The molecule has 0 heterocycles. The molecule has 0 aliphatic heterocycles. The number of nitrogens with one attached hydrogen (secondary N) is 1. The number of benzene rings is 2. The fourth-order valence-corrected chi connectivity index (χ4v) is 2.32. The maximum Gasteiger partial charge on any atom is 0.137 e. The third kappa shape index (κ3) is 3.39. The SMILES string of the molecule is NNC(Cc1cc(F)ccc1F)c1ccc(F)c(Br)c1. The Bertz CT molecular complexity index is 619. The van der Waals surface area contributed by atoms with Crippen molar-refractivity contribution in [3.63, 3.8) is 0 Å². The highest BCUT2D eigenvalue weighted by Crippen LogP contribution is 2.24. The lowest BCUT2D eigenvalue weighted by molar-refractivity contribution is 0.521. The van der Waals surface area contributed by atoms with Crippen molar-refractivity contribution < 1.29 is 13.2 Å². The van der Waals surface area contributed by atoms with E-state index >= 15 is 0 Å². The quantitative estimate of drug-likeness (QED) is 0.656. The zero-order valence-corrected chi connectivity index (χ0v) is 11.9. The average Bonchev–Trinajstić information content (AvgIpc) is 2.43. The standard InChI is InChI=1S/C14H12BrF3N2/c15-11-6-8(1-3-13(11)18)14(20-19)7-9-5-10(16)2-4-12(9)17/h1-6,14,20H,7,19H2. The van der Waals surface area contributed by atoms with Gasteiger partial charge in [0.25, 0.3) is 0 Å². The van der Waals surface area contributed by atoms with Gasteiger partial charge in [0.2, 0.25) is 0 Å². The van der Waals surface area contributed by atoms with E-state index < -0.39 is 23.5 Å². The van der Waals surface area contributed by atoms with Gasteiger partial charge in [0.05, 0.1) is 10.5 Å². The Morgan fingerprint density at radius 2 is 1.75 bits per heavy atom. The number of nitrogens with two attached hydrogens (primary N) is 1. The molecule has 1 atom stereocenters. The molecule has 0 spiro atoms.